The molecule has 0 amide bonds. The van der Waals surface area contributed by atoms with Crippen molar-refractivity contribution in [3.63, 3.8) is 0 Å². The van der Waals surface area contributed by atoms with Crippen molar-refractivity contribution in [3.8, 4) is 0 Å². The van der Waals surface area contributed by atoms with Gasteiger partial charge in [0.2, 0.25) is 0 Å². The van der Waals surface area contributed by atoms with Gasteiger partial charge in [-0.3, -0.25) is 0 Å². The standard InChI is InChI=1S/C14H23NS/c1-11(2)10-15-14-13(8-9-16-14)12-6-4-3-5-7-12/h8-9,11-12,15H,3-7,10H2,1-2H3. The van der Waals surface area contributed by atoms with Crippen molar-refractivity contribution in [1.29, 1.82) is 0 Å². The molecule has 1 nitrogen and oxygen atoms in total. The number of nitrogens with one attached hydrogen (secondary N) is 1. The first-order valence-corrected chi connectivity index (χ1v) is 7.46. The number of thiophene rings is 1. The van der Waals surface area contributed by atoms with E-state index in [0.29, 0.717) is 0 Å². The molecule has 0 aliphatic heterocycles. The minimum absolute atomic E-state index is 0.723. The van der Waals surface area contributed by atoms with E-state index in [1.165, 1.54) is 37.1 Å². The molecule has 1 N–H and O–H groups in total. The molecule has 1 aliphatic carbocycles. The summed E-state index contributed by atoms with van der Waals surface area (Å²) in [6.07, 6.45) is 7.07. The second-order valence-electron chi connectivity index (χ2n) is 5.31. The average molecular weight is 237 g/mol. The molecule has 1 saturated carbocycles. The fourth-order valence-corrected chi connectivity index (χ4v) is 3.38. The van der Waals surface area contributed by atoms with Crippen molar-refractivity contribution in [1.82, 2.24) is 0 Å². The summed E-state index contributed by atoms with van der Waals surface area (Å²) in [6.45, 7) is 5.63. The molecular formula is C14H23NS. The Morgan fingerprint density at radius 1 is 1.31 bits per heavy atom. The number of anilines is 1. The highest BCUT2D eigenvalue weighted by Crippen LogP contribution is 2.38. The summed E-state index contributed by atoms with van der Waals surface area (Å²) in [6, 6.07) is 2.34. The van der Waals surface area contributed by atoms with Gasteiger partial charge in [-0.05, 0) is 41.7 Å². The Bertz CT molecular complexity index is 310. The molecule has 1 aromatic heterocycles. The van der Waals surface area contributed by atoms with Crippen molar-refractivity contribution in [2.45, 2.75) is 51.9 Å². The smallest absolute Gasteiger partial charge is 0.0917 e. The van der Waals surface area contributed by atoms with Crippen LogP contribution in [0.5, 0.6) is 0 Å². The van der Waals surface area contributed by atoms with Crippen molar-refractivity contribution in [2.24, 2.45) is 5.92 Å². The van der Waals surface area contributed by atoms with Crippen LogP contribution in [0, 0.1) is 5.92 Å². The zero-order valence-electron chi connectivity index (χ0n) is 10.5. The average Bonchev–Trinajstić information content (AvgIpc) is 2.75. The van der Waals surface area contributed by atoms with E-state index in [4.69, 9.17) is 0 Å². The van der Waals surface area contributed by atoms with Gasteiger partial charge in [0, 0.05) is 6.54 Å². The molecule has 1 heterocycles. The third-order valence-corrected chi connectivity index (χ3v) is 4.30. The fourth-order valence-electron chi connectivity index (χ4n) is 2.49. The lowest BCUT2D eigenvalue weighted by Gasteiger charge is -2.22. The Balaban J connectivity index is 2.00. The van der Waals surface area contributed by atoms with Gasteiger partial charge in [0.25, 0.3) is 0 Å². The molecule has 0 unspecified atom stereocenters. The molecule has 16 heavy (non-hydrogen) atoms. The highest BCUT2D eigenvalue weighted by molar-refractivity contribution is 7.14. The van der Waals surface area contributed by atoms with Crippen LogP contribution in [0.3, 0.4) is 0 Å². The van der Waals surface area contributed by atoms with E-state index in [9.17, 15) is 0 Å². The first kappa shape index (κ1) is 12.0. The SMILES string of the molecule is CC(C)CNc1sccc1C1CCCCC1. The molecule has 90 valence electrons. The van der Waals surface area contributed by atoms with E-state index < -0.39 is 0 Å². The molecule has 0 spiro atoms. The van der Waals surface area contributed by atoms with Gasteiger partial charge in [-0.2, -0.15) is 0 Å². The van der Waals surface area contributed by atoms with E-state index in [0.717, 1.165) is 18.4 Å². The number of rotatable bonds is 4. The molecule has 2 heteroatoms. The minimum Gasteiger partial charge on any atom is -0.376 e. The van der Waals surface area contributed by atoms with Crippen LogP contribution in [0.2, 0.25) is 0 Å². The summed E-state index contributed by atoms with van der Waals surface area (Å²) in [5.41, 5.74) is 1.59. The predicted octanol–water partition coefficient (Wildman–Crippen LogP) is 4.86. The maximum atomic E-state index is 3.61. The summed E-state index contributed by atoms with van der Waals surface area (Å²) in [7, 11) is 0. The molecule has 0 saturated heterocycles. The maximum Gasteiger partial charge on any atom is 0.0917 e. The van der Waals surface area contributed by atoms with Gasteiger partial charge in [0.15, 0.2) is 0 Å². The monoisotopic (exact) mass is 237 g/mol. The molecule has 1 aromatic rings. The Morgan fingerprint density at radius 2 is 2.06 bits per heavy atom. The van der Waals surface area contributed by atoms with Crippen LogP contribution in [0.25, 0.3) is 0 Å². The second-order valence-corrected chi connectivity index (χ2v) is 6.23. The normalized spacial score (nSPS) is 17.9. The van der Waals surface area contributed by atoms with Crippen molar-refractivity contribution >= 4 is 16.3 Å². The van der Waals surface area contributed by atoms with Crippen LogP contribution in [0.1, 0.15) is 57.4 Å². The van der Waals surface area contributed by atoms with E-state index in [1.807, 2.05) is 11.3 Å². The van der Waals surface area contributed by atoms with Crippen molar-refractivity contribution < 1.29 is 0 Å². The van der Waals surface area contributed by atoms with Crippen LogP contribution in [-0.2, 0) is 0 Å². The van der Waals surface area contributed by atoms with Crippen molar-refractivity contribution in [3.05, 3.63) is 17.0 Å². The Labute approximate surface area is 103 Å². The third kappa shape index (κ3) is 3.00. The van der Waals surface area contributed by atoms with E-state index in [-0.39, 0.29) is 0 Å². The fraction of sp³-hybridized carbons (Fsp3) is 0.714. The van der Waals surface area contributed by atoms with Crippen LogP contribution >= 0.6 is 11.3 Å². The molecule has 0 aromatic carbocycles. The predicted molar refractivity (Wildman–Crippen MR) is 73.5 cm³/mol. The number of hydrogen-bond acceptors (Lipinski definition) is 2. The Kier molecular flexibility index (Phi) is 4.28. The zero-order valence-corrected chi connectivity index (χ0v) is 11.3. The molecule has 2 rings (SSSR count). The molecule has 0 radical (unpaired) electrons. The van der Waals surface area contributed by atoms with Gasteiger partial charge in [-0.25, -0.2) is 0 Å². The highest BCUT2D eigenvalue weighted by Gasteiger charge is 2.19. The van der Waals surface area contributed by atoms with Gasteiger partial charge in [0.1, 0.15) is 0 Å². The second kappa shape index (κ2) is 5.72. The Hall–Kier alpha value is -0.500. The lowest BCUT2D eigenvalue weighted by molar-refractivity contribution is 0.445. The molecular weight excluding hydrogens is 214 g/mol. The first-order valence-electron chi connectivity index (χ1n) is 6.58. The van der Waals surface area contributed by atoms with E-state index >= 15 is 0 Å². The van der Waals surface area contributed by atoms with Gasteiger partial charge in [-0.15, -0.1) is 11.3 Å². The summed E-state index contributed by atoms with van der Waals surface area (Å²) in [4.78, 5) is 0. The van der Waals surface area contributed by atoms with Gasteiger partial charge >= 0.3 is 0 Å². The lowest BCUT2D eigenvalue weighted by Crippen LogP contribution is -2.10. The van der Waals surface area contributed by atoms with Gasteiger partial charge in [-0.1, -0.05) is 33.1 Å². The molecule has 0 bridgehead atoms. The van der Waals surface area contributed by atoms with Crippen LogP contribution in [-0.4, -0.2) is 6.54 Å². The summed E-state index contributed by atoms with van der Waals surface area (Å²) < 4.78 is 0. The third-order valence-electron chi connectivity index (χ3n) is 3.41. The Morgan fingerprint density at radius 3 is 2.75 bits per heavy atom. The summed E-state index contributed by atoms with van der Waals surface area (Å²) >= 11 is 1.87. The van der Waals surface area contributed by atoms with Crippen molar-refractivity contribution in [2.75, 3.05) is 11.9 Å². The van der Waals surface area contributed by atoms with Crippen LogP contribution in [0.15, 0.2) is 11.4 Å². The maximum absolute atomic E-state index is 3.61. The van der Waals surface area contributed by atoms with E-state index in [2.05, 4.69) is 30.6 Å². The lowest BCUT2D eigenvalue weighted by atomic mass is 9.85. The first-order chi connectivity index (χ1) is 7.77. The number of hydrogen-bond donors (Lipinski definition) is 1. The van der Waals surface area contributed by atoms with Gasteiger partial charge in [0.05, 0.1) is 5.00 Å². The summed E-state index contributed by atoms with van der Waals surface area (Å²) in [5, 5.41) is 7.28. The highest BCUT2D eigenvalue weighted by atomic mass is 32.1. The van der Waals surface area contributed by atoms with E-state index in [1.54, 1.807) is 5.56 Å². The van der Waals surface area contributed by atoms with Crippen LogP contribution in [0.4, 0.5) is 5.00 Å². The largest absolute Gasteiger partial charge is 0.376 e. The van der Waals surface area contributed by atoms with Crippen LogP contribution < -0.4 is 5.32 Å². The zero-order chi connectivity index (χ0) is 11.4. The minimum atomic E-state index is 0.723. The topological polar surface area (TPSA) is 12.0 Å². The molecule has 0 atom stereocenters. The molecule has 1 fully saturated rings. The molecule has 1 aliphatic rings. The quantitative estimate of drug-likeness (QED) is 0.788. The van der Waals surface area contributed by atoms with Gasteiger partial charge < -0.3 is 5.32 Å². The summed E-state index contributed by atoms with van der Waals surface area (Å²) in [5.74, 6) is 1.55.